The number of rotatable bonds is 5. The van der Waals surface area contributed by atoms with Crippen LogP contribution in [0.3, 0.4) is 0 Å². The number of hydrogen-bond acceptors (Lipinski definition) is 5. The van der Waals surface area contributed by atoms with Crippen molar-refractivity contribution in [3.63, 3.8) is 0 Å². The van der Waals surface area contributed by atoms with Crippen molar-refractivity contribution in [2.24, 2.45) is 0 Å². The number of nitrogens with zero attached hydrogens (tertiary/aromatic N) is 2. The van der Waals surface area contributed by atoms with E-state index in [1.165, 1.54) is 29.8 Å². The van der Waals surface area contributed by atoms with Crippen molar-refractivity contribution in [1.82, 2.24) is 9.55 Å². The third kappa shape index (κ3) is 3.93. The predicted octanol–water partition coefficient (Wildman–Crippen LogP) is 4.15. The maximum atomic E-state index is 13.6. The van der Waals surface area contributed by atoms with Crippen LogP contribution in [0.15, 0.2) is 65.7 Å². The Morgan fingerprint density at radius 1 is 1.10 bits per heavy atom. The molecule has 0 unspecified atom stereocenters. The molecule has 4 aromatic rings. The van der Waals surface area contributed by atoms with Gasteiger partial charge in [0.1, 0.15) is 18.0 Å². The fraction of sp³-hybridized carbons (Fsp3) is 0.0952. The number of aromatic nitrogens is 2. The van der Waals surface area contributed by atoms with Gasteiger partial charge in [0.15, 0.2) is 11.6 Å². The molecule has 0 fully saturated rings. The number of thiophene rings is 1. The highest BCUT2D eigenvalue weighted by Gasteiger charge is 2.14. The first kappa shape index (κ1) is 18.9. The van der Waals surface area contributed by atoms with E-state index in [4.69, 9.17) is 4.74 Å². The van der Waals surface area contributed by atoms with Gasteiger partial charge in [0, 0.05) is 10.4 Å². The normalized spacial score (nSPS) is 11.0. The van der Waals surface area contributed by atoms with Crippen LogP contribution in [0, 0.1) is 11.6 Å². The molecule has 29 heavy (non-hydrogen) atoms. The Labute approximate surface area is 167 Å². The molecule has 2 aromatic carbocycles. The van der Waals surface area contributed by atoms with E-state index in [2.05, 4.69) is 4.98 Å². The molecule has 146 valence electrons. The third-order valence-electron chi connectivity index (χ3n) is 4.30. The zero-order valence-corrected chi connectivity index (χ0v) is 15.8. The maximum Gasteiger partial charge on any atom is 0.326 e. The molecular formula is C21H14F2N2O3S. The number of halogens is 2. The molecule has 0 aliphatic carbocycles. The van der Waals surface area contributed by atoms with Crippen molar-refractivity contribution in [3.8, 4) is 10.4 Å². The zero-order valence-electron chi connectivity index (χ0n) is 15.0. The molecular weight excluding hydrogens is 398 g/mol. The summed E-state index contributed by atoms with van der Waals surface area (Å²) in [6.45, 7) is -0.807. The second kappa shape index (κ2) is 7.92. The molecule has 2 aromatic heterocycles. The quantitative estimate of drug-likeness (QED) is 0.462. The van der Waals surface area contributed by atoms with Crippen LogP contribution in [0.25, 0.3) is 20.7 Å². The fourth-order valence-electron chi connectivity index (χ4n) is 2.82. The number of ether oxygens (including phenoxy) is 1. The summed E-state index contributed by atoms with van der Waals surface area (Å²) in [6.07, 6.45) is 1.28. The lowest BCUT2D eigenvalue weighted by molar-refractivity contribution is -0.145. The Kier molecular flexibility index (Phi) is 5.18. The molecule has 2 heterocycles. The van der Waals surface area contributed by atoms with Crippen molar-refractivity contribution >= 4 is 27.5 Å². The molecule has 0 radical (unpaired) electrons. The van der Waals surface area contributed by atoms with E-state index < -0.39 is 24.2 Å². The van der Waals surface area contributed by atoms with Crippen LogP contribution >= 0.6 is 11.3 Å². The van der Waals surface area contributed by atoms with Crippen molar-refractivity contribution in [3.05, 3.63) is 88.5 Å². The minimum absolute atomic E-state index is 0.0791. The summed E-state index contributed by atoms with van der Waals surface area (Å²) in [7, 11) is 0. The van der Waals surface area contributed by atoms with Crippen LogP contribution < -0.4 is 5.56 Å². The van der Waals surface area contributed by atoms with Gasteiger partial charge in [-0.05, 0) is 17.7 Å². The molecule has 4 rings (SSSR count). The Morgan fingerprint density at radius 2 is 1.90 bits per heavy atom. The first-order valence-corrected chi connectivity index (χ1v) is 9.47. The minimum Gasteiger partial charge on any atom is -0.459 e. The smallest absolute Gasteiger partial charge is 0.326 e. The average Bonchev–Trinajstić information content (AvgIpc) is 3.17. The monoisotopic (exact) mass is 412 g/mol. The molecule has 0 spiro atoms. The van der Waals surface area contributed by atoms with E-state index in [-0.39, 0.29) is 17.7 Å². The molecule has 0 N–H and O–H groups in total. The van der Waals surface area contributed by atoms with Gasteiger partial charge in [-0.25, -0.2) is 13.8 Å². The van der Waals surface area contributed by atoms with E-state index in [9.17, 15) is 18.4 Å². The standard InChI is InChI=1S/C21H14F2N2O3S/c22-16-8-4-7-14(19(16)23)11-28-18(26)10-25-12-24-20-15(21(25)27)9-17(29-20)13-5-2-1-3-6-13/h1-9,12H,10-11H2. The summed E-state index contributed by atoms with van der Waals surface area (Å²) in [5.41, 5.74) is 0.518. The van der Waals surface area contributed by atoms with Crippen LogP contribution in [0.2, 0.25) is 0 Å². The summed E-state index contributed by atoms with van der Waals surface area (Å²) in [4.78, 5) is 30.5. The van der Waals surface area contributed by atoms with E-state index in [1.807, 2.05) is 30.3 Å². The predicted molar refractivity (Wildman–Crippen MR) is 105 cm³/mol. The van der Waals surface area contributed by atoms with E-state index in [0.29, 0.717) is 10.2 Å². The summed E-state index contributed by atoms with van der Waals surface area (Å²) in [6, 6.07) is 15.0. The fourth-order valence-corrected chi connectivity index (χ4v) is 3.82. The highest BCUT2D eigenvalue weighted by atomic mass is 32.1. The Bertz CT molecular complexity index is 1250. The van der Waals surface area contributed by atoms with E-state index in [1.54, 1.807) is 6.07 Å². The molecule has 0 bridgehead atoms. The molecule has 0 amide bonds. The lowest BCUT2D eigenvalue weighted by atomic mass is 10.2. The first-order chi connectivity index (χ1) is 14.0. The Hall–Kier alpha value is -3.39. The molecule has 0 aliphatic heterocycles. The molecule has 0 saturated heterocycles. The minimum atomic E-state index is -1.06. The number of esters is 1. The number of benzene rings is 2. The SMILES string of the molecule is O=C(Cn1cnc2sc(-c3ccccc3)cc2c1=O)OCc1cccc(F)c1F. The first-order valence-electron chi connectivity index (χ1n) is 8.66. The van der Waals surface area contributed by atoms with Crippen molar-refractivity contribution in [1.29, 1.82) is 0 Å². The summed E-state index contributed by atoms with van der Waals surface area (Å²) >= 11 is 1.38. The van der Waals surface area contributed by atoms with E-state index >= 15 is 0 Å². The number of fused-ring (bicyclic) bond motifs is 1. The highest BCUT2D eigenvalue weighted by Crippen LogP contribution is 2.30. The van der Waals surface area contributed by atoms with Crippen LogP contribution in [-0.2, 0) is 22.7 Å². The average molecular weight is 412 g/mol. The van der Waals surface area contributed by atoms with Gasteiger partial charge in [-0.15, -0.1) is 11.3 Å². The van der Waals surface area contributed by atoms with Crippen molar-refractivity contribution < 1.29 is 18.3 Å². The lowest BCUT2D eigenvalue weighted by Gasteiger charge is -2.07. The number of carbonyl (C=O) groups excluding carboxylic acids is 1. The van der Waals surface area contributed by atoms with Crippen LogP contribution in [0.5, 0.6) is 0 Å². The largest absolute Gasteiger partial charge is 0.459 e. The van der Waals surface area contributed by atoms with Gasteiger partial charge in [-0.3, -0.25) is 14.2 Å². The molecule has 5 nitrogen and oxygen atoms in total. The summed E-state index contributed by atoms with van der Waals surface area (Å²) in [5, 5.41) is 0.403. The number of hydrogen-bond donors (Lipinski definition) is 0. The van der Waals surface area contributed by atoms with Gasteiger partial charge in [-0.2, -0.15) is 0 Å². The van der Waals surface area contributed by atoms with Gasteiger partial charge in [0.2, 0.25) is 0 Å². The van der Waals surface area contributed by atoms with Crippen LogP contribution in [0.4, 0.5) is 8.78 Å². The third-order valence-corrected chi connectivity index (χ3v) is 5.39. The van der Waals surface area contributed by atoms with Crippen LogP contribution in [-0.4, -0.2) is 15.5 Å². The Balaban J connectivity index is 1.52. The van der Waals surface area contributed by atoms with Gasteiger partial charge >= 0.3 is 5.97 Å². The van der Waals surface area contributed by atoms with Gasteiger partial charge in [0.05, 0.1) is 11.7 Å². The van der Waals surface area contributed by atoms with Crippen molar-refractivity contribution in [2.45, 2.75) is 13.2 Å². The number of carbonyl (C=O) groups is 1. The highest BCUT2D eigenvalue weighted by molar-refractivity contribution is 7.21. The molecule has 0 atom stereocenters. The molecule has 0 aliphatic rings. The second-order valence-corrected chi connectivity index (χ2v) is 7.28. The van der Waals surface area contributed by atoms with E-state index in [0.717, 1.165) is 21.1 Å². The maximum absolute atomic E-state index is 13.6. The topological polar surface area (TPSA) is 61.2 Å². The molecule has 8 heteroatoms. The molecule has 0 saturated carbocycles. The zero-order chi connectivity index (χ0) is 20.4. The Morgan fingerprint density at radius 3 is 2.69 bits per heavy atom. The van der Waals surface area contributed by atoms with Gasteiger partial charge < -0.3 is 4.74 Å². The lowest BCUT2D eigenvalue weighted by Crippen LogP contribution is -2.25. The summed E-state index contributed by atoms with van der Waals surface area (Å²) < 4.78 is 32.9. The van der Waals surface area contributed by atoms with Crippen LogP contribution in [0.1, 0.15) is 5.56 Å². The second-order valence-electron chi connectivity index (χ2n) is 6.25. The summed E-state index contributed by atoms with van der Waals surface area (Å²) in [5.74, 6) is -2.83. The van der Waals surface area contributed by atoms with Crippen molar-refractivity contribution in [2.75, 3.05) is 0 Å². The van der Waals surface area contributed by atoms with Gasteiger partial charge in [-0.1, -0.05) is 42.5 Å². The van der Waals surface area contributed by atoms with Gasteiger partial charge in [0.25, 0.3) is 5.56 Å².